The lowest BCUT2D eigenvalue weighted by Gasteiger charge is -2.09. The van der Waals surface area contributed by atoms with Crippen LogP contribution >= 0.6 is 0 Å². The fraction of sp³-hybridized carbons (Fsp3) is 0.462. The molecule has 0 aliphatic carbocycles. The number of benzene rings is 1. The molecule has 0 aliphatic heterocycles. The van der Waals surface area contributed by atoms with Crippen molar-refractivity contribution in [3.05, 3.63) is 24.3 Å². The van der Waals surface area contributed by atoms with E-state index in [0.29, 0.717) is 12.4 Å². The molecule has 7 nitrogen and oxygen atoms in total. The zero-order valence-corrected chi connectivity index (χ0v) is 12.9. The standard InChI is InChI=1S/C13H20N2O5S/c1-3-20-11-4-6-12(7-5-11)21(17,18)15-9-8-14-13(16)10-19-2/h4-7,15H,3,8-10H2,1-2H3,(H,14,16). The number of amides is 1. The molecular weight excluding hydrogens is 296 g/mol. The Balaban J connectivity index is 2.47. The average molecular weight is 316 g/mol. The van der Waals surface area contributed by atoms with Gasteiger partial charge in [-0.2, -0.15) is 0 Å². The number of hydrogen-bond acceptors (Lipinski definition) is 5. The summed E-state index contributed by atoms with van der Waals surface area (Å²) in [7, 11) is -2.18. The van der Waals surface area contributed by atoms with Crippen molar-refractivity contribution in [3.8, 4) is 5.75 Å². The number of carbonyl (C=O) groups excluding carboxylic acids is 1. The van der Waals surface area contributed by atoms with E-state index in [1.54, 1.807) is 12.1 Å². The van der Waals surface area contributed by atoms with Crippen LogP contribution in [0.5, 0.6) is 5.75 Å². The van der Waals surface area contributed by atoms with Gasteiger partial charge >= 0.3 is 0 Å². The Kier molecular flexibility index (Phi) is 7.13. The van der Waals surface area contributed by atoms with Crippen LogP contribution in [-0.2, 0) is 19.6 Å². The van der Waals surface area contributed by atoms with Crippen molar-refractivity contribution in [1.29, 1.82) is 0 Å². The molecule has 0 spiro atoms. The minimum Gasteiger partial charge on any atom is -0.494 e. The second kappa shape index (κ2) is 8.60. The van der Waals surface area contributed by atoms with Gasteiger partial charge in [0.2, 0.25) is 15.9 Å². The van der Waals surface area contributed by atoms with E-state index in [-0.39, 0.29) is 30.5 Å². The lowest BCUT2D eigenvalue weighted by atomic mass is 10.3. The molecule has 1 rings (SSSR count). The van der Waals surface area contributed by atoms with E-state index in [1.807, 2.05) is 6.92 Å². The first kappa shape index (κ1) is 17.4. The summed E-state index contributed by atoms with van der Waals surface area (Å²) in [6.45, 7) is 2.62. The maximum absolute atomic E-state index is 12.0. The van der Waals surface area contributed by atoms with E-state index in [4.69, 9.17) is 4.74 Å². The minimum absolute atomic E-state index is 0.0500. The smallest absolute Gasteiger partial charge is 0.246 e. The molecule has 0 unspecified atom stereocenters. The molecule has 0 saturated carbocycles. The van der Waals surface area contributed by atoms with E-state index in [2.05, 4.69) is 14.8 Å². The molecule has 0 heterocycles. The van der Waals surface area contributed by atoms with Crippen LogP contribution in [0.2, 0.25) is 0 Å². The predicted molar refractivity (Wildman–Crippen MR) is 77.7 cm³/mol. The normalized spacial score (nSPS) is 11.1. The van der Waals surface area contributed by atoms with Crippen LogP contribution in [0.3, 0.4) is 0 Å². The molecule has 0 saturated heterocycles. The van der Waals surface area contributed by atoms with Gasteiger partial charge in [0, 0.05) is 20.2 Å². The van der Waals surface area contributed by atoms with Gasteiger partial charge in [0.05, 0.1) is 11.5 Å². The van der Waals surface area contributed by atoms with E-state index in [0.717, 1.165) is 0 Å². The summed E-state index contributed by atoms with van der Waals surface area (Å²) >= 11 is 0. The highest BCUT2D eigenvalue weighted by atomic mass is 32.2. The van der Waals surface area contributed by atoms with Gasteiger partial charge in [0.1, 0.15) is 12.4 Å². The first-order chi connectivity index (χ1) is 9.99. The fourth-order valence-electron chi connectivity index (χ4n) is 1.53. The van der Waals surface area contributed by atoms with Crippen molar-refractivity contribution >= 4 is 15.9 Å². The van der Waals surface area contributed by atoms with Gasteiger partial charge in [0.25, 0.3) is 0 Å². The Hall–Kier alpha value is -1.64. The summed E-state index contributed by atoms with van der Waals surface area (Å²) in [5.41, 5.74) is 0. The zero-order chi connectivity index (χ0) is 15.7. The van der Waals surface area contributed by atoms with Crippen LogP contribution in [0.1, 0.15) is 6.92 Å². The molecule has 0 aromatic heterocycles. The first-order valence-corrected chi connectivity index (χ1v) is 7.96. The van der Waals surface area contributed by atoms with Gasteiger partial charge in [-0.15, -0.1) is 0 Å². The largest absolute Gasteiger partial charge is 0.494 e. The van der Waals surface area contributed by atoms with Gasteiger partial charge in [-0.1, -0.05) is 0 Å². The molecule has 0 atom stereocenters. The van der Waals surface area contributed by atoms with Crippen molar-refractivity contribution in [2.24, 2.45) is 0 Å². The predicted octanol–water partition coefficient (Wildman–Crippen LogP) is 0.126. The number of carbonyl (C=O) groups is 1. The van der Waals surface area contributed by atoms with Crippen molar-refractivity contribution in [3.63, 3.8) is 0 Å². The van der Waals surface area contributed by atoms with Crippen LogP contribution < -0.4 is 14.8 Å². The molecule has 0 radical (unpaired) electrons. The van der Waals surface area contributed by atoms with Crippen LogP contribution in [0, 0.1) is 0 Å². The van der Waals surface area contributed by atoms with Crippen LogP contribution in [-0.4, -0.2) is 47.7 Å². The topological polar surface area (TPSA) is 93.7 Å². The van der Waals surface area contributed by atoms with Crippen LogP contribution in [0.4, 0.5) is 0 Å². The molecule has 0 fully saturated rings. The van der Waals surface area contributed by atoms with E-state index >= 15 is 0 Å². The average Bonchev–Trinajstić information content (AvgIpc) is 2.45. The van der Waals surface area contributed by atoms with Gasteiger partial charge in [-0.25, -0.2) is 13.1 Å². The minimum atomic E-state index is -3.59. The SMILES string of the molecule is CCOc1ccc(S(=O)(=O)NCCNC(=O)COC)cc1. The maximum atomic E-state index is 12.0. The number of sulfonamides is 1. The molecule has 118 valence electrons. The molecule has 0 aliphatic rings. The van der Waals surface area contributed by atoms with E-state index in [9.17, 15) is 13.2 Å². The lowest BCUT2D eigenvalue weighted by molar-refractivity contribution is -0.124. The lowest BCUT2D eigenvalue weighted by Crippen LogP contribution is -2.36. The summed E-state index contributed by atoms with van der Waals surface area (Å²) < 4.78 is 36.3. The van der Waals surface area contributed by atoms with Gasteiger partial charge < -0.3 is 14.8 Å². The van der Waals surface area contributed by atoms with Crippen molar-refractivity contribution < 1.29 is 22.7 Å². The number of ether oxygens (including phenoxy) is 2. The fourth-order valence-corrected chi connectivity index (χ4v) is 2.57. The Morgan fingerprint density at radius 3 is 2.43 bits per heavy atom. The highest BCUT2D eigenvalue weighted by molar-refractivity contribution is 7.89. The third-order valence-corrected chi connectivity index (χ3v) is 3.94. The Morgan fingerprint density at radius 2 is 1.86 bits per heavy atom. The highest BCUT2D eigenvalue weighted by Crippen LogP contribution is 2.15. The summed E-state index contributed by atoms with van der Waals surface area (Å²) in [5, 5.41) is 2.52. The summed E-state index contributed by atoms with van der Waals surface area (Å²) in [6.07, 6.45) is 0. The second-order valence-electron chi connectivity index (χ2n) is 4.09. The van der Waals surface area contributed by atoms with Crippen molar-refractivity contribution in [1.82, 2.24) is 10.0 Å². The molecule has 2 N–H and O–H groups in total. The van der Waals surface area contributed by atoms with Crippen molar-refractivity contribution in [2.45, 2.75) is 11.8 Å². The summed E-state index contributed by atoms with van der Waals surface area (Å²) in [6, 6.07) is 6.13. The second-order valence-corrected chi connectivity index (χ2v) is 5.85. The monoisotopic (exact) mass is 316 g/mol. The molecule has 1 aromatic rings. The summed E-state index contributed by atoms with van der Waals surface area (Å²) in [4.78, 5) is 11.3. The highest BCUT2D eigenvalue weighted by Gasteiger charge is 2.13. The number of methoxy groups -OCH3 is 1. The molecular formula is C13H20N2O5S. The Bertz CT molecular complexity index is 542. The number of nitrogens with one attached hydrogen (secondary N) is 2. The quantitative estimate of drug-likeness (QED) is 0.632. The third-order valence-electron chi connectivity index (χ3n) is 2.46. The van der Waals surface area contributed by atoms with E-state index in [1.165, 1.54) is 19.2 Å². The number of hydrogen-bond donors (Lipinski definition) is 2. The Labute approximate surface area is 124 Å². The van der Waals surface area contributed by atoms with Crippen molar-refractivity contribution in [2.75, 3.05) is 33.4 Å². The molecule has 0 bridgehead atoms. The molecule has 21 heavy (non-hydrogen) atoms. The zero-order valence-electron chi connectivity index (χ0n) is 12.1. The van der Waals surface area contributed by atoms with Crippen LogP contribution in [0.25, 0.3) is 0 Å². The Morgan fingerprint density at radius 1 is 1.19 bits per heavy atom. The molecule has 8 heteroatoms. The first-order valence-electron chi connectivity index (χ1n) is 6.47. The van der Waals surface area contributed by atoms with Crippen LogP contribution in [0.15, 0.2) is 29.2 Å². The van der Waals surface area contributed by atoms with E-state index < -0.39 is 10.0 Å². The van der Waals surface area contributed by atoms with Gasteiger partial charge in [-0.05, 0) is 31.2 Å². The summed E-state index contributed by atoms with van der Waals surface area (Å²) in [5.74, 6) is 0.320. The molecule has 1 aromatic carbocycles. The maximum Gasteiger partial charge on any atom is 0.246 e. The molecule has 1 amide bonds. The number of rotatable bonds is 9. The van der Waals surface area contributed by atoms with Gasteiger partial charge in [0.15, 0.2) is 0 Å². The van der Waals surface area contributed by atoms with Gasteiger partial charge in [-0.3, -0.25) is 4.79 Å². The third kappa shape index (κ3) is 6.11.